The van der Waals surface area contributed by atoms with Crippen LogP contribution in [0.2, 0.25) is 0 Å². The van der Waals surface area contributed by atoms with Crippen molar-refractivity contribution in [2.24, 2.45) is 0 Å². The van der Waals surface area contributed by atoms with Gasteiger partial charge in [-0.2, -0.15) is 0 Å². The van der Waals surface area contributed by atoms with Gasteiger partial charge in [-0.25, -0.2) is 4.79 Å². The van der Waals surface area contributed by atoms with Gasteiger partial charge in [0.2, 0.25) is 0 Å². The number of aliphatic carboxylic acids is 1. The summed E-state index contributed by atoms with van der Waals surface area (Å²) in [5.41, 5.74) is -0.747. The summed E-state index contributed by atoms with van der Waals surface area (Å²) in [6.07, 6.45) is 0.842. The molecule has 1 rings (SSSR count). The summed E-state index contributed by atoms with van der Waals surface area (Å²) in [6, 6.07) is -0.219. The maximum atomic E-state index is 12.0. The average molecular weight is 258 g/mol. The Labute approximate surface area is 107 Å². The predicted molar refractivity (Wildman–Crippen MR) is 66.5 cm³/mol. The first kappa shape index (κ1) is 14.8. The molecule has 18 heavy (non-hydrogen) atoms. The van der Waals surface area contributed by atoms with Gasteiger partial charge < -0.3 is 20.1 Å². The quantitative estimate of drug-likeness (QED) is 0.790. The lowest BCUT2D eigenvalue weighted by atomic mass is 10.0. The van der Waals surface area contributed by atoms with Crippen molar-refractivity contribution in [3.05, 3.63) is 0 Å². The molecule has 0 radical (unpaired) electrons. The highest BCUT2D eigenvalue weighted by atomic mass is 16.5. The van der Waals surface area contributed by atoms with Gasteiger partial charge in [0.15, 0.2) is 0 Å². The summed E-state index contributed by atoms with van der Waals surface area (Å²) in [5, 5.41) is 11.5. The van der Waals surface area contributed by atoms with Crippen LogP contribution in [0.3, 0.4) is 0 Å². The number of ether oxygens (including phenoxy) is 1. The van der Waals surface area contributed by atoms with E-state index in [0.29, 0.717) is 19.7 Å². The van der Waals surface area contributed by atoms with E-state index in [2.05, 4.69) is 5.32 Å². The highest BCUT2D eigenvalue weighted by molar-refractivity contribution is 5.76. The van der Waals surface area contributed by atoms with E-state index >= 15 is 0 Å². The molecule has 0 aromatic heterocycles. The van der Waals surface area contributed by atoms with Gasteiger partial charge in [0.05, 0.1) is 19.1 Å². The van der Waals surface area contributed by atoms with Crippen molar-refractivity contribution in [2.45, 2.75) is 45.3 Å². The number of nitrogens with one attached hydrogen (secondary N) is 1. The van der Waals surface area contributed by atoms with Gasteiger partial charge in [-0.15, -0.1) is 0 Å². The fourth-order valence-corrected chi connectivity index (χ4v) is 1.94. The van der Waals surface area contributed by atoms with Crippen LogP contribution in [0.1, 0.15) is 33.6 Å². The lowest BCUT2D eigenvalue weighted by Gasteiger charge is -2.35. The third kappa shape index (κ3) is 4.52. The Balaban J connectivity index is 2.51. The summed E-state index contributed by atoms with van der Waals surface area (Å²) in [5.74, 6) is -0.922. The fraction of sp³-hybridized carbons (Fsp3) is 0.833. The number of hydrogen-bond acceptors (Lipinski definition) is 3. The monoisotopic (exact) mass is 258 g/mol. The first-order valence-electron chi connectivity index (χ1n) is 6.24. The van der Waals surface area contributed by atoms with Crippen molar-refractivity contribution in [3.63, 3.8) is 0 Å². The van der Waals surface area contributed by atoms with Crippen molar-refractivity contribution < 1.29 is 19.4 Å². The average Bonchev–Trinajstić information content (AvgIpc) is 2.26. The number of amides is 2. The number of morpholine rings is 1. The third-order valence-electron chi connectivity index (χ3n) is 2.92. The molecule has 2 amide bonds. The summed E-state index contributed by atoms with van der Waals surface area (Å²) >= 11 is 0. The molecule has 1 fully saturated rings. The molecule has 1 aliphatic rings. The van der Waals surface area contributed by atoms with Crippen molar-refractivity contribution in [3.8, 4) is 0 Å². The van der Waals surface area contributed by atoms with E-state index in [1.165, 1.54) is 0 Å². The molecule has 2 N–H and O–H groups in total. The number of carbonyl (C=O) groups is 2. The molecule has 104 valence electrons. The van der Waals surface area contributed by atoms with E-state index in [0.717, 1.165) is 6.42 Å². The number of rotatable bonds is 4. The number of urea groups is 1. The Kier molecular flexibility index (Phi) is 4.95. The van der Waals surface area contributed by atoms with Crippen molar-refractivity contribution >= 4 is 12.0 Å². The zero-order valence-electron chi connectivity index (χ0n) is 11.2. The molecule has 6 nitrogen and oxygen atoms in total. The minimum atomic E-state index is -0.922. The molecule has 1 atom stereocenters. The van der Waals surface area contributed by atoms with E-state index in [1.54, 1.807) is 18.7 Å². The van der Waals surface area contributed by atoms with Crippen LogP contribution < -0.4 is 5.32 Å². The van der Waals surface area contributed by atoms with Gasteiger partial charge in [-0.1, -0.05) is 6.92 Å². The van der Waals surface area contributed by atoms with Crippen LogP contribution in [0, 0.1) is 0 Å². The Morgan fingerprint density at radius 1 is 1.50 bits per heavy atom. The van der Waals surface area contributed by atoms with E-state index < -0.39 is 11.5 Å². The standard InChI is InChI=1S/C12H22N2O4/c1-4-9-8-14(5-6-18-9)11(17)13-12(2,3)7-10(15)16/h9H,4-8H2,1-3H3,(H,13,17)(H,15,16). The number of carboxylic acids is 1. The van der Waals surface area contributed by atoms with Gasteiger partial charge in [0, 0.05) is 18.6 Å². The first-order chi connectivity index (χ1) is 8.34. The highest BCUT2D eigenvalue weighted by Gasteiger charge is 2.29. The van der Waals surface area contributed by atoms with E-state index in [4.69, 9.17) is 9.84 Å². The molecule has 0 aromatic rings. The van der Waals surface area contributed by atoms with Crippen LogP contribution in [0.4, 0.5) is 4.79 Å². The van der Waals surface area contributed by atoms with Gasteiger partial charge in [0.1, 0.15) is 0 Å². The largest absolute Gasteiger partial charge is 0.481 e. The summed E-state index contributed by atoms with van der Waals surface area (Å²) in [4.78, 5) is 24.4. The summed E-state index contributed by atoms with van der Waals surface area (Å²) in [6.45, 7) is 7.07. The van der Waals surface area contributed by atoms with Crippen molar-refractivity contribution in [1.29, 1.82) is 0 Å². The van der Waals surface area contributed by atoms with Crippen LogP contribution in [0.25, 0.3) is 0 Å². The maximum Gasteiger partial charge on any atom is 0.317 e. The summed E-state index contributed by atoms with van der Waals surface area (Å²) < 4.78 is 5.49. The second kappa shape index (κ2) is 6.04. The van der Waals surface area contributed by atoms with E-state index in [-0.39, 0.29) is 18.6 Å². The van der Waals surface area contributed by atoms with Crippen LogP contribution in [-0.4, -0.2) is 53.3 Å². The Morgan fingerprint density at radius 2 is 2.17 bits per heavy atom. The molecule has 0 spiro atoms. The molecule has 1 saturated heterocycles. The minimum absolute atomic E-state index is 0.0760. The molecule has 6 heteroatoms. The Bertz CT molecular complexity index is 317. The lowest BCUT2D eigenvalue weighted by Crippen LogP contribution is -2.55. The fourth-order valence-electron chi connectivity index (χ4n) is 1.94. The van der Waals surface area contributed by atoms with Crippen LogP contribution in [0.15, 0.2) is 0 Å². The molecule has 0 bridgehead atoms. The van der Waals surface area contributed by atoms with Crippen LogP contribution in [-0.2, 0) is 9.53 Å². The zero-order chi connectivity index (χ0) is 13.8. The second-order valence-electron chi connectivity index (χ2n) is 5.23. The SMILES string of the molecule is CCC1CN(C(=O)NC(C)(C)CC(=O)O)CCO1. The van der Waals surface area contributed by atoms with Crippen molar-refractivity contribution in [2.75, 3.05) is 19.7 Å². The molecule has 0 aliphatic carbocycles. The third-order valence-corrected chi connectivity index (χ3v) is 2.92. The van der Waals surface area contributed by atoms with Gasteiger partial charge in [0.25, 0.3) is 0 Å². The Hall–Kier alpha value is -1.30. The molecule has 1 aliphatic heterocycles. The van der Waals surface area contributed by atoms with E-state index in [1.807, 2.05) is 6.92 Å². The van der Waals surface area contributed by atoms with Gasteiger partial charge in [-0.3, -0.25) is 4.79 Å². The van der Waals surface area contributed by atoms with Gasteiger partial charge in [-0.05, 0) is 20.3 Å². The molecule has 1 unspecified atom stereocenters. The van der Waals surface area contributed by atoms with E-state index in [9.17, 15) is 9.59 Å². The second-order valence-corrected chi connectivity index (χ2v) is 5.23. The molecular weight excluding hydrogens is 236 g/mol. The number of nitrogens with zero attached hydrogens (tertiary/aromatic N) is 1. The normalized spacial score (nSPS) is 20.6. The maximum absolute atomic E-state index is 12.0. The molecule has 0 aromatic carbocycles. The topological polar surface area (TPSA) is 78.9 Å². The van der Waals surface area contributed by atoms with Crippen LogP contribution in [0.5, 0.6) is 0 Å². The Morgan fingerprint density at radius 3 is 2.72 bits per heavy atom. The molecular formula is C12H22N2O4. The van der Waals surface area contributed by atoms with Crippen LogP contribution >= 0.6 is 0 Å². The number of carboxylic acid groups (broad SMARTS) is 1. The van der Waals surface area contributed by atoms with Gasteiger partial charge >= 0.3 is 12.0 Å². The predicted octanol–water partition coefficient (Wildman–Crippen LogP) is 1.06. The molecule has 1 heterocycles. The molecule has 0 saturated carbocycles. The number of hydrogen-bond donors (Lipinski definition) is 2. The summed E-state index contributed by atoms with van der Waals surface area (Å²) in [7, 11) is 0. The zero-order valence-corrected chi connectivity index (χ0v) is 11.2. The first-order valence-corrected chi connectivity index (χ1v) is 6.24. The lowest BCUT2D eigenvalue weighted by molar-refractivity contribution is -0.138. The smallest absolute Gasteiger partial charge is 0.317 e. The number of carbonyl (C=O) groups excluding carboxylic acids is 1. The minimum Gasteiger partial charge on any atom is -0.481 e. The van der Waals surface area contributed by atoms with Crippen molar-refractivity contribution in [1.82, 2.24) is 10.2 Å². The highest BCUT2D eigenvalue weighted by Crippen LogP contribution is 2.12.